The Hall–Kier alpha value is -2.68. The summed E-state index contributed by atoms with van der Waals surface area (Å²) >= 11 is 6.06. The van der Waals surface area contributed by atoms with E-state index in [9.17, 15) is 4.79 Å². The number of hydroxylamine groups is 1. The molecule has 0 atom stereocenters. The average molecular weight is 474 g/mol. The van der Waals surface area contributed by atoms with Crippen molar-refractivity contribution in [3.05, 3.63) is 52.6 Å². The van der Waals surface area contributed by atoms with E-state index in [-0.39, 0.29) is 16.8 Å². The minimum atomic E-state index is -0.580. The standard InChI is InChI=1S/C24H29ClFN5O2/c1-15-11-17(25)7-8-19(15)29-22-18(24(32)30-33-13-16-5-6-16)12-20-23(21(22)26)28-14-31(20)10-4-3-9-27-2/h7-8,11-12,14,16,27,29H,3-6,9-10,13H2,1-2H3,(H,30,32). The highest BCUT2D eigenvalue weighted by atomic mass is 35.5. The highest BCUT2D eigenvalue weighted by Crippen LogP contribution is 2.33. The van der Waals surface area contributed by atoms with Gasteiger partial charge in [0, 0.05) is 17.3 Å². The third-order valence-corrected chi connectivity index (χ3v) is 6.04. The van der Waals surface area contributed by atoms with Crippen molar-refractivity contribution in [3.63, 3.8) is 0 Å². The highest BCUT2D eigenvalue weighted by molar-refractivity contribution is 6.30. The molecule has 1 aliphatic carbocycles. The number of rotatable bonds is 11. The molecule has 1 heterocycles. The van der Waals surface area contributed by atoms with E-state index in [2.05, 4.69) is 21.1 Å². The molecule has 0 unspecified atom stereocenters. The number of aryl methyl sites for hydroxylation is 2. The van der Waals surface area contributed by atoms with Gasteiger partial charge < -0.3 is 15.2 Å². The summed E-state index contributed by atoms with van der Waals surface area (Å²) in [5.41, 5.74) is 4.96. The Kier molecular flexibility index (Phi) is 7.47. The van der Waals surface area contributed by atoms with Crippen molar-refractivity contribution in [2.45, 2.75) is 39.2 Å². The largest absolute Gasteiger partial charge is 0.352 e. The predicted molar refractivity (Wildman–Crippen MR) is 128 cm³/mol. The first kappa shape index (κ1) is 23.5. The van der Waals surface area contributed by atoms with Gasteiger partial charge in [-0.1, -0.05) is 11.6 Å². The molecule has 0 spiro atoms. The van der Waals surface area contributed by atoms with Gasteiger partial charge in [-0.2, -0.15) is 0 Å². The fraction of sp³-hybridized carbons (Fsp3) is 0.417. The van der Waals surface area contributed by atoms with Crippen molar-refractivity contribution in [2.24, 2.45) is 5.92 Å². The van der Waals surface area contributed by atoms with Crippen LogP contribution in [0.5, 0.6) is 0 Å². The van der Waals surface area contributed by atoms with Crippen LogP contribution >= 0.6 is 11.6 Å². The van der Waals surface area contributed by atoms with Crippen molar-refractivity contribution in [1.29, 1.82) is 0 Å². The first-order valence-corrected chi connectivity index (χ1v) is 11.6. The van der Waals surface area contributed by atoms with Crippen LogP contribution in [-0.4, -0.2) is 35.7 Å². The Morgan fingerprint density at radius 3 is 2.85 bits per heavy atom. The molecule has 0 saturated heterocycles. The summed E-state index contributed by atoms with van der Waals surface area (Å²) in [6, 6.07) is 6.92. The van der Waals surface area contributed by atoms with Crippen molar-refractivity contribution < 1.29 is 14.0 Å². The fourth-order valence-corrected chi connectivity index (χ4v) is 3.91. The molecule has 2 aromatic carbocycles. The molecule has 0 radical (unpaired) electrons. The average Bonchev–Trinajstić information content (AvgIpc) is 3.52. The van der Waals surface area contributed by atoms with Crippen molar-refractivity contribution in [2.75, 3.05) is 25.5 Å². The highest BCUT2D eigenvalue weighted by Gasteiger charge is 2.25. The molecule has 3 N–H and O–H groups in total. The Balaban J connectivity index is 1.68. The lowest BCUT2D eigenvalue weighted by atomic mass is 10.1. The Labute approximate surface area is 197 Å². The second kappa shape index (κ2) is 10.5. The van der Waals surface area contributed by atoms with E-state index in [1.807, 2.05) is 18.5 Å². The van der Waals surface area contributed by atoms with Crippen LogP contribution in [0, 0.1) is 18.7 Å². The number of benzene rings is 2. The maximum atomic E-state index is 15.7. The maximum absolute atomic E-state index is 15.7. The molecule has 4 rings (SSSR count). The first-order chi connectivity index (χ1) is 16.0. The number of carbonyl (C=O) groups excluding carboxylic acids is 1. The fourth-order valence-electron chi connectivity index (χ4n) is 3.69. The van der Waals surface area contributed by atoms with Crippen molar-refractivity contribution >= 4 is 39.9 Å². The second-order valence-electron chi connectivity index (χ2n) is 8.50. The minimum Gasteiger partial charge on any atom is -0.352 e. The molecule has 33 heavy (non-hydrogen) atoms. The molecule has 9 heteroatoms. The van der Waals surface area contributed by atoms with Crippen LogP contribution < -0.4 is 16.1 Å². The van der Waals surface area contributed by atoms with Gasteiger partial charge in [-0.05, 0) is 81.9 Å². The molecule has 0 bridgehead atoms. The number of unbranched alkanes of at least 4 members (excludes halogenated alkanes) is 1. The third-order valence-electron chi connectivity index (χ3n) is 5.81. The molecule has 176 valence electrons. The SMILES string of the molecule is CNCCCCn1cnc2c(F)c(Nc3ccc(Cl)cc3C)c(C(=O)NOCC3CC3)cc21. The Morgan fingerprint density at radius 2 is 2.12 bits per heavy atom. The van der Waals surface area contributed by atoms with Gasteiger partial charge in [-0.15, -0.1) is 0 Å². The quantitative estimate of drug-likeness (QED) is 0.271. The summed E-state index contributed by atoms with van der Waals surface area (Å²) < 4.78 is 17.6. The van der Waals surface area contributed by atoms with E-state index in [0.717, 1.165) is 37.8 Å². The van der Waals surface area contributed by atoms with Crippen LogP contribution in [0.3, 0.4) is 0 Å². The van der Waals surface area contributed by atoms with Gasteiger partial charge in [0.25, 0.3) is 5.91 Å². The molecule has 1 fully saturated rings. The summed E-state index contributed by atoms with van der Waals surface area (Å²) in [5.74, 6) is -0.602. The van der Waals surface area contributed by atoms with Crippen LogP contribution in [0.25, 0.3) is 11.0 Å². The van der Waals surface area contributed by atoms with E-state index in [1.54, 1.807) is 30.6 Å². The summed E-state index contributed by atoms with van der Waals surface area (Å²) in [6.07, 6.45) is 5.72. The van der Waals surface area contributed by atoms with Gasteiger partial charge in [-0.3, -0.25) is 9.63 Å². The van der Waals surface area contributed by atoms with Gasteiger partial charge >= 0.3 is 0 Å². The molecule has 1 saturated carbocycles. The number of imidazole rings is 1. The van der Waals surface area contributed by atoms with E-state index >= 15 is 4.39 Å². The van der Waals surface area contributed by atoms with E-state index < -0.39 is 11.7 Å². The monoisotopic (exact) mass is 473 g/mol. The molecule has 0 aliphatic heterocycles. The van der Waals surface area contributed by atoms with Crippen LogP contribution in [0.2, 0.25) is 5.02 Å². The van der Waals surface area contributed by atoms with Gasteiger partial charge in [0.1, 0.15) is 5.52 Å². The molecule has 3 aromatic rings. The lowest BCUT2D eigenvalue weighted by Crippen LogP contribution is -2.26. The number of halogens is 2. The normalized spacial score (nSPS) is 13.5. The minimum absolute atomic E-state index is 0.0564. The zero-order valence-electron chi connectivity index (χ0n) is 18.9. The maximum Gasteiger partial charge on any atom is 0.277 e. The molecule has 7 nitrogen and oxygen atoms in total. The third kappa shape index (κ3) is 5.63. The lowest BCUT2D eigenvalue weighted by Gasteiger charge is -2.16. The number of nitrogens with zero attached hydrogens (tertiary/aromatic N) is 2. The molecule has 1 aromatic heterocycles. The topological polar surface area (TPSA) is 80.2 Å². The summed E-state index contributed by atoms with van der Waals surface area (Å²) in [6.45, 7) is 3.91. The molecular formula is C24H29ClFN5O2. The number of nitrogens with one attached hydrogen (secondary N) is 3. The van der Waals surface area contributed by atoms with Crippen molar-refractivity contribution in [1.82, 2.24) is 20.3 Å². The van der Waals surface area contributed by atoms with Crippen LogP contribution in [0.1, 0.15) is 41.6 Å². The van der Waals surface area contributed by atoms with Crippen LogP contribution in [0.4, 0.5) is 15.8 Å². The van der Waals surface area contributed by atoms with E-state index in [4.69, 9.17) is 16.4 Å². The summed E-state index contributed by atoms with van der Waals surface area (Å²) in [4.78, 5) is 22.7. The van der Waals surface area contributed by atoms with Crippen LogP contribution in [0.15, 0.2) is 30.6 Å². The van der Waals surface area contributed by atoms with E-state index in [1.165, 1.54) is 0 Å². The zero-order valence-corrected chi connectivity index (χ0v) is 19.6. The second-order valence-corrected chi connectivity index (χ2v) is 8.94. The van der Waals surface area contributed by atoms with Gasteiger partial charge in [0.15, 0.2) is 5.82 Å². The van der Waals surface area contributed by atoms with Gasteiger partial charge in [0.05, 0.1) is 29.7 Å². The number of amides is 1. The number of hydrogen-bond acceptors (Lipinski definition) is 5. The first-order valence-electron chi connectivity index (χ1n) is 11.2. The number of carbonyl (C=O) groups is 1. The summed E-state index contributed by atoms with van der Waals surface area (Å²) in [5, 5.41) is 6.78. The zero-order chi connectivity index (χ0) is 23.4. The molecule has 1 aliphatic rings. The van der Waals surface area contributed by atoms with E-state index in [0.29, 0.717) is 35.3 Å². The van der Waals surface area contributed by atoms with Crippen molar-refractivity contribution in [3.8, 4) is 0 Å². The van der Waals surface area contributed by atoms with Crippen LogP contribution in [-0.2, 0) is 11.4 Å². The smallest absolute Gasteiger partial charge is 0.277 e. The number of anilines is 2. The molecular weight excluding hydrogens is 445 g/mol. The van der Waals surface area contributed by atoms with Gasteiger partial charge in [-0.25, -0.2) is 14.9 Å². The number of aromatic nitrogens is 2. The number of hydrogen-bond donors (Lipinski definition) is 3. The molecule has 1 amide bonds. The summed E-state index contributed by atoms with van der Waals surface area (Å²) in [7, 11) is 1.91. The lowest BCUT2D eigenvalue weighted by molar-refractivity contribution is 0.0271. The number of fused-ring (bicyclic) bond motifs is 1. The Bertz CT molecular complexity index is 1150. The van der Waals surface area contributed by atoms with Gasteiger partial charge in [0.2, 0.25) is 0 Å². The predicted octanol–water partition coefficient (Wildman–Crippen LogP) is 4.95. The Morgan fingerprint density at radius 1 is 1.30 bits per heavy atom.